The fourth-order valence-electron chi connectivity index (χ4n) is 2.22. The first-order chi connectivity index (χ1) is 10.0. The van der Waals surface area contributed by atoms with Gasteiger partial charge in [-0.3, -0.25) is 15.1 Å². The quantitative estimate of drug-likeness (QED) is 0.630. The molecule has 0 bridgehead atoms. The number of hydrogen-bond acceptors (Lipinski definition) is 5. The van der Waals surface area contributed by atoms with E-state index in [1.165, 1.54) is 12.3 Å². The molecule has 0 fully saturated rings. The van der Waals surface area contributed by atoms with Gasteiger partial charge in [0.25, 0.3) is 5.69 Å². The van der Waals surface area contributed by atoms with E-state index < -0.39 is 4.92 Å². The Morgan fingerprint density at radius 2 is 2.19 bits per heavy atom. The van der Waals surface area contributed by atoms with Crippen molar-refractivity contribution in [3.05, 3.63) is 40.2 Å². The Bertz CT molecular complexity index is 658. The van der Waals surface area contributed by atoms with Crippen molar-refractivity contribution < 1.29 is 10.0 Å². The summed E-state index contributed by atoms with van der Waals surface area (Å²) in [6.45, 7) is 4.40. The van der Waals surface area contributed by atoms with Crippen LogP contribution in [0.1, 0.15) is 25.5 Å². The van der Waals surface area contributed by atoms with Gasteiger partial charge in [0.2, 0.25) is 0 Å². The lowest BCUT2D eigenvalue weighted by atomic mass is 10.1. The number of nitrogens with one attached hydrogen (secondary N) is 1. The van der Waals surface area contributed by atoms with Gasteiger partial charge in [0.15, 0.2) is 0 Å². The zero-order valence-corrected chi connectivity index (χ0v) is 12.2. The maximum absolute atomic E-state index is 11.1. The topological polar surface area (TPSA) is 88.3 Å². The standard InChI is InChI=1S/C15H19N3O3/c1-3-11(19)6-7-16-14-4-5-15(18(20)21)13-9-17-10(2)8-12(13)14/h4-5,8-9,11,16,19H,3,6-7H2,1-2H3. The molecule has 0 radical (unpaired) electrons. The number of hydrogen-bond donors (Lipinski definition) is 2. The first kappa shape index (κ1) is 15.2. The Labute approximate surface area is 123 Å². The van der Waals surface area contributed by atoms with Crippen LogP contribution in [0, 0.1) is 17.0 Å². The average Bonchev–Trinajstić information content (AvgIpc) is 2.46. The summed E-state index contributed by atoms with van der Waals surface area (Å²) < 4.78 is 0. The highest BCUT2D eigenvalue weighted by Crippen LogP contribution is 2.31. The maximum Gasteiger partial charge on any atom is 0.278 e. The van der Waals surface area contributed by atoms with Crippen LogP contribution in [0.4, 0.5) is 11.4 Å². The molecule has 6 heteroatoms. The number of nitro benzene ring substituents is 1. The van der Waals surface area contributed by atoms with Crippen molar-refractivity contribution in [2.45, 2.75) is 32.8 Å². The van der Waals surface area contributed by atoms with Crippen LogP contribution in [-0.4, -0.2) is 27.7 Å². The molecule has 112 valence electrons. The van der Waals surface area contributed by atoms with Crippen molar-refractivity contribution in [3.8, 4) is 0 Å². The number of benzene rings is 1. The molecule has 0 saturated heterocycles. The SMILES string of the molecule is CCC(O)CCNc1ccc([N+](=O)[O-])c2cnc(C)cc12. The Hall–Kier alpha value is -2.21. The van der Waals surface area contributed by atoms with Gasteiger partial charge in [-0.1, -0.05) is 6.92 Å². The van der Waals surface area contributed by atoms with Crippen LogP contribution in [0.15, 0.2) is 24.4 Å². The zero-order valence-electron chi connectivity index (χ0n) is 12.2. The third kappa shape index (κ3) is 3.46. The highest BCUT2D eigenvalue weighted by atomic mass is 16.6. The Kier molecular flexibility index (Phi) is 4.70. The molecule has 0 aliphatic carbocycles. The predicted octanol–water partition coefficient (Wildman–Crippen LogP) is 3.02. The molecular formula is C15H19N3O3. The molecule has 1 unspecified atom stereocenters. The second kappa shape index (κ2) is 6.49. The summed E-state index contributed by atoms with van der Waals surface area (Å²) >= 11 is 0. The molecule has 1 heterocycles. The van der Waals surface area contributed by atoms with Gasteiger partial charge in [0.1, 0.15) is 0 Å². The Balaban J connectivity index is 2.34. The number of aliphatic hydroxyl groups excluding tert-OH is 1. The summed E-state index contributed by atoms with van der Waals surface area (Å²) in [6, 6.07) is 5.02. The minimum Gasteiger partial charge on any atom is -0.393 e. The first-order valence-electron chi connectivity index (χ1n) is 6.98. The number of anilines is 1. The van der Waals surface area contributed by atoms with E-state index in [4.69, 9.17) is 0 Å². The van der Waals surface area contributed by atoms with Gasteiger partial charge in [-0.2, -0.15) is 0 Å². The van der Waals surface area contributed by atoms with E-state index in [1.807, 2.05) is 19.9 Å². The van der Waals surface area contributed by atoms with Crippen LogP contribution < -0.4 is 5.32 Å². The molecule has 0 saturated carbocycles. The highest BCUT2D eigenvalue weighted by molar-refractivity contribution is 5.99. The summed E-state index contributed by atoms with van der Waals surface area (Å²) in [7, 11) is 0. The predicted molar refractivity (Wildman–Crippen MR) is 82.5 cm³/mol. The molecule has 1 atom stereocenters. The van der Waals surface area contributed by atoms with Crippen molar-refractivity contribution in [2.24, 2.45) is 0 Å². The van der Waals surface area contributed by atoms with Crippen molar-refractivity contribution in [3.63, 3.8) is 0 Å². The number of nitro groups is 1. The van der Waals surface area contributed by atoms with E-state index in [1.54, 1.807) is 6.07 Å². The molecule has 6 nitrogen and oxygen atoms in total. The number of rotatable bonds is 6. The van der Waals surface area contributed by atoms with E-state index in [2.05, 4.69) is 10.3 Å². The molecule has 0 aliphatic rings. The fourth-order valence-corrected chi connectivity index (χ4v) is 2.22. The third-order valence-corrected chi connectivity index (χ3v) is 3.48. The number of non-ortho nitro benzene ring substituents is 1. The molecule has 0 spiro atoms. The second-order valence-corrected chi connectivity index (χ2v) is 5.04. The van der Waals surface area contributed by atoms with Crippen LogP contribution in [0.3, 0.4) is 0 Å². The molecule has 0 aliphatic heterocycles. The van der Waals surface area contributed by atoms with Gasteiger partial charge >= 0.3 is 0 Å². The van der Waals surface area contributed by atoms with E-state index in [-0.39, 0.29) is 11.8 Å². The molecule has 0 amide bonds. The lowest BCUT2D eigenvalue weighted by Crippen LogP contribution is -2.12. The summed E-state index contributed by atoms with van der Waals surface area (Å²) in [6.07, 6.45) is 2.56. The Morgan fingerprint density at radius 1 is 1.43 bits per heavy atom. The molecule has 2 aromatic rings. The van der Waals surface area contributed by atoms with Gasteiger partial charge in [-0.25, -0.2) is 0 Å². The number of nitrogens with zero attached hydrogens (tertiary/aromatic N) is 2. The van der Waals surface area contributed by atoms with E-state index in [0.29, 0.717) is 24.8 Å². The van der Waals surface area contributed by atoms with Crippen molar-refractivity contribution in [1.82, 2.24) is 4.98 Å². The van der Waals surface area contributed by atoms with Crippen molar-refractivity contribution in [1.29, 1.82) is 0 Å². The number of aryl methyl sites for hydroxylation is 1. The summed E-state index contributed by atoms with van der Waals surface area (Å²) in [5.41, 5.74) is 1.68. The van der Waals surface area contributed by atoms with Gasteiger partial charge in [0, 0.05) is 35.6 Å². The summed E-state index contributed by atoms with van der Waals surface area (Å²) in [4.78, 5) is 14.8. The Morgan fingerprint density at radius 3 is 2.86 bits per heavy atom. The van der Waals surface area contributed by atoms with E-state index >= 15 is 0 Å². The van der Waals surface area contributed by atoms with Crippen molar-refractivity contribution in [2.75, 3.05) is 11.9 Å². The second-order valence-electron chi connectivity index (χ2n) is 5.04. The molecule has 2 N–H and O–H groups in total. The van der Waals surface area contributed by atoms with Gasteiger partial charge in [-0.05, 0) is 31.9 Å². The van der Waals surface area contributed by atoms with Gasteiger partial charge in [0.05, 0.1) is 16.4 Å². The molecule has 1 aromatic heterocycles. The van der Waals surface area contributed by atoms with Crippen molar-refractivity contribution >= 4 is 22.1 Å². The maximum atomic E-state index is 11.1. The first-order valence-corrected chi connectivity index (χ1v) is 6.98. The molecule has 1 aromatic carbocycles. The lowest BCUT2D eigenvalue weighted by Gasteiger charge is -2.12. The third-order valence-electron chi connectivity index (χ3n) is 3.48. The molecule has 21 heavy (non-hydrogen) atoms. The largest absolute Gasteiger partial charge is 0.393 e. The van der Waals surface area contributed by atoms with Crippen LogP contribution in [0.25, 0.3) is 10.8 Å². The molecule has 2 rings (SSSR count). The number of aromatic nitrogens is 1. The summed E-state index contributed by atoms with van der Waals surface area (Å²) in [5.74, 6) is 0. The van der Waals surface area contributed by atoms with Gasteiger partial charge in [-0.15, -0.1) is 0 Å². The lowest BCUT2D eigenvalue weighted by molar-refractivity contribution is -0.383. The van der Waals surface area contributed by atoms with Crippen LogP contribution >= 0.6 is 0 Å². The molecular weight excluding hydrogens is 270 g/mol. The monoisotopic (exact) mass is 289 g/mol. The minimum absolute atomic E-state index is 0.0524. The minimum atomic E-state index is -0.399. The van der Waals surface area contributed by atoms with Crippen LogP contribution in [-0.2, 0) is 0 Å². The summed E-state index contributed by atoms with van der Waals surface area (Å²) in [5, 5.41) is 25.2. The van der Waals surface area contributed by atoms with E-state index in [9.17, 15) is 15.2 Å². The van der Waals surface area contributed by atoms with Gasteiger partial charge < -0.3 is 10.4 Å². The smallest absolute Gasteiger partial charge is 0.278 e. The average molecular weight is 289 g/mol. The number of fused-ring (bicyclic) bond motifs is 1. The van der Waals surface area contributed by atoms with Crippen LogP contribution in [0.5, 0.6) is 0 Å². The normalized spacial score (nSPS) is 12.3. The highest BCUT2D eigenvalue weighted by Gasteiger charge is 2.15. The zero-order chi connectivity index (χ0) is 15.4. The number of pyridine rings is 1. The van der Waals surface area contributed by atoms with E-state index in [0.717, 1.165) is 16.8 Å². The number of aliphatic hydroxyl groups is 1. The fraction of sp³-hybridized carbons (Fsp3) is 0.400. The van der Waals surface area contributed by atoms with Crippen LogP contribution in [0.2, 0.25) is 0 Å².